The van der Waals surface area contributed by atoms with E-state index in [1.807, 2.05) is 44.2 Å². The lowest BCUT2D eigenvalue weighted by atomic mass is 10.2. The Morgan fingerprint density at radius 2 is 1.89 bits per heavy atom. The topological polar surface area (TPSA) is 70.8 Å². The van der Waals surface area contributed by atoms with Crippen LogP contribution >= 0.6 is 0 Å². The standard InChI is InChI=1S/C21H21NO5/c1-14(2)26-17-10-9-16(11-18(17)24-3)21(23)25-13-20-22-12-19(27-20)15-7-5-4-6-8-15/h4-12,14H,13H2,1-3H3. The van der Waals surface area contributed by atoms with E-state index < -0.39 is 5.97 Å². The number of rotatable bonds is 7. The first-order valence-electron chi connectivity index (χ1n) is 8.58. The predicted molar refractivity (Wildman–Crippen MR) is 99.8 cm³/mol. The first kappa shape index (κ1) is 18.5. The van der Waals surface area contributed by atoms with Crippen LogP contribution in [-0.2, 0) is 11.3 Å². The summed E-state index contributed by atoms with van der Waals surface area (Å²) in [5.74, 6) is 1.50. The molecule has 0 spiro atoms. The van der Waals surface area contributed by atoms with Crippen LogP contribution in [0.5, 0.6) is 11.5 Å². The molecular formula is C21H21NO5. The van der Waals surface area contributed by atoms with Crippen LogP contribution < -0.4 is 9.47 Å². The molecule has 0 saturated heterocycles. The molecule has 0 saturated carbocycles. The summed E-state index contributed by atoms with van der Waals surface area (Å²) in [6.45, 7) is 3.78. The Morgan fingerprint density at radius 3 is 2.59 bits per heavy atom. The van der Waals surface area contributed by atoms with E-state index in [1.165, 1.54) is 7.11 Å². The van der Waals surface area contributed by atoms with Crippen molar-refractivity contribution in [1.82, 2.24) is 4.98 Å². The van der Waals surface area contributed by atoms with Gasteiger partial charge in [-0.25, -0.2) is 9.78 Å². The van der Waals surface area contributed by atoms with Gasteiger partial charge in [0, 0.05) is 5.56 Å². The minimum absolute atomic E-state index is 0.000499. The van der Waals surface area contributed by atoms with Crippen molar-refractivity contribution in [3.63, 3.8) is 0 Å². The molecule has 27 heavy (non-hydrogen) atoms. The van der Waals surface area contributed by atoms with Crippen LogP contribution in [0.2, 0.25) is 0 Å². The van der Waals surface area contributed by atoms with E-state index >= 15 is 0 Å². The minimum atomic E-state index is -0.496. The van der Waals surface area contributed by atoms with Crippen molar-refractivity contribution in [2.24, 2.45) is 0 Å². The lowest BCUT2D eigenvalue weighted by molar-refractivity contribution is 0.0438. The molecule has 0 bridgehead atoms. The smallest absolute Gasteiger partial charge is 0.338 e. The molecule has 3 rings (SSSR count). The maximum atomic E-state index is 12.3. The lowest BCUT2D eigenvalue weighted by Gasteiger charge is -2.14. The molecule has 3 aromatic rings. The van der Waals surface area contributed by atoms with Gasteiger partial charge in [-0.3, -0.25) is 0 Å². The van der Waals surface area contributed by atoms with Crippen LogP contribution in [-0.4, -0.2) is 24.2 Å². The SMILES string of the molecule is COc1cc(C(=O)OCc2ncc(-c3ccccc3)o2)ccc1OC(C)C. The number of nitrogens with zero attached hydrogens (tertiary/aromatic N) is 1. The fourth-order valence-electron chi connectivity index (χ4n) is 2.47. The Labute approximate surface area is 157 Å². The Kier molecular flexibility index (Phi) is 5.76. The van der Waals surface area contributed by atoms with E-state index in [9.17, 15) is 4.79 Å². The van der Waals surface area contributed by atoms with Crippen LogP contribution in [0.15, 0.2) is 59.1 Å². The molecule has 0 radical (unpaired) electrons. The van der Waals surface area contributed by atoms with Gasteiger partial charge in [-0.1, -0.05) is 30.3 Å². The van der Waals surface area contributed by atoms with Crippen LogP contribution in [0.3, 0.4) is 0 Å². The maximum Gasteiger partial charge on any atom is 0.338 e. The molecule has 0 aliphatic heterocycles. The fourth-order valence-corrected chi connectivity index (χ4v) is 2.47. The number of carbonyl (C=O) groups is 1. The van der Waals surface area contributed by atoms with E-state index in [4.69, 9.17) is 18.6 Å². The zero-order valence-corrected chi connectivity index (χ0v) is 15.5. The summed E-state index contributed by atoms with van der Waals surface area (Å²) in [5.41, 5.74) is 1.27. The van der Waals surface area contributed by atoms with E-state index in [0.717, 1.165) is 5.56 Å². The average molecular weight is 367 g/mol. The van der Waals surface area contributed by atoms with Gasteiger partial charge >= 0.3 is 5.97 Å². The Hall–Kier alpha value is -3.28. The summed E-state index contributed by atoms with van der Waals surface area (Å²) in [6.07, 6.45) is 1.61. The summed E-state index contributed by atoms with van der Waals surface area (Å²) in [5, 5.41) is 0. The lowest BCUT2D eigenvalue weighted by Crippen LogP contribution is -2.09. The molecule has 0 fully saturated rings. The maximum absolute atomic E-state index is 12.3. The number of esters is 1. The molecule has 0 N–H and O–H groups in total. The molecule has 1 heterocycles. The number of oxazole rings is 1. The highest BCUT2D eigenvalue weighted by Crippen LogP contribution is 2.29. The first-order chi connectivity index (χ1) is 13.1. The van der Waals surface area contributed by atoms with Crippen molar-refractivity contribution in [1.29, 1.82) is 0 Å². The molecule has 6 heteroatoms. The van der Waals surface area contributed by atoms with Gasteiger partial charge in [0.1, 0.15) is 0 Å². The van der Waals surface area contributed by atoms with Crippen molar-refractivity contribution in [3.8, 4) is 22.8 Å². The second-order valence-electron chi connectivity index (χ2n) is 6.09. The molecule has 140 valence electrons. The van der Waals surface area contributed by atoms with Gasteiger partial charge in [0.15, 0.2) is 23.9 Å². The average Bonchev–Trinajstić information content (AvgIpc) is 3.16. The number of benzene rings is 2. The summed E-state index contributed by atoms with van der Waals surface area (Å²) >= 11 is 0. The number of aromatic nitrogens is 1. The predicted octanol–water partition coefficient (Wildman–Crippen LogP) is 4.49. The summed E-state index contributed by atoms with van der Waals surface area (Å²) in [6, 6.07) is 14.5. The molecule has 2 aromatic carbocycles. The second-order valence-corrected chi connectivity index (χ2v) is 6.09. The highest BCUT2D eigenvalue weighted by Gasteiger charge is 2.15. The number of methoxy groups -OCH3 is 1. The summed E-state index contributed by atoms with van der Waals surface area (Å²) in [4.78, 5) is 16.5. The number of hydrogen-bond acceptors (Lipinski definition) is 6. The molecule has 0 unspecified atom stereocenters. The molecule has 0 amide bonds. The molecule has 1 aromatic heterocycles. The highest BCUT2D eigenvalue weighted by atomic mass is 16.5. The minimum Gasteiger partial charge on any atom is -0.493 e. The number of ether oxygens (including phenoxy) is 3. The summed E-state index contributed by atoms with van der Waals surface area (Å²) < 4.78 is 21.9. The zero-order chi connectivity index (χ0) is 19.2. The quantitative estimate of drug-likeness (QED) is 0.573. The van der Waals surface area contributed by atoms with Gasteiger partial charge in [0.2, 0.25) is 5.89 Å². The van der Waals surface area contributed by atoms with Gasteiger partial charge < -0.3 is 18.6 Å². The van der Waals surface area contributed by atoms with Gasteiger partial charge in [0.25, 0.3) is 0 Å². The van der Waals surface area contributed by atoms with E-state index in [1.54, 1.807) is 24.4 Å². The van der Waals surface area contributed by atoms with E-state index in [2.05, 4.69) is 4.98 Å². The Balaban J connectivity index is 1.65. The third-order valence-corrected chi connectivity index (χ3v) is 3.70. The van der Waals surface area contributed by atoms with Crippen molar-refractivity contribution in [2.45, 2.75) is 26.6 Å². The largest absolute Gasteiger partial charge is 0.493 e. The van der Waals surface area contributed by atoms with E-state index in [-0.39, 0.29) is 12.7 Å². The van der Waals surface area contributed by atoms with Crippen molar-refractivity contribution in [3.05, 3.63) is 66.2 Å². The van der Waals surface area contributed by atoms with Crippen LogP contribution in [0, 0.1) is 0 Å². The van der Waals surface area contributed by atoms with Gasteiger partial charge in [-0.05, 0) is 32.0 Å². The molecule has 0 aliphatic carbocycles. The normalized spacial score (nSPS) is 10.7. The van der Waals surface area contributed by atoms with E-state index in [0.29, 0.717) is 28.7 Å². The Bertz CT molecular complexity index is 902. The third kappa shape index (κ3) is 4.67. The summed E-state index contributed by atoms with van der Waals surface area (Å²) in [7, 11) is 1.52. The molecule has 0 aliphatic rings. The fraction of sp³-hybridized carbons (Fsp3) is 0.238. The Morgan fingerprint density at radius 1 is 1.11 bits per heavy atom. The second kappa shape index (κ2) is 8.40. The van der Waals surface area contributed by atoms with Crippen LogP contribution in [0.1, 0.15) is 30.1 Å². The van der Waals surface area contributed by atoms with Crippen LogP contribution in [0.25, 0.3) is 11.3 Å². The van der Waals surface area contributed by atoms with Gasteiger partial charge in [-0.2, -0.15) is 0 Å². The highest BCUT2D eigenvalue weighted by molar-refractivity contribution is 5.90. The van der Waals surface area contributed by atoms with Crippen LogP contribution in [0.4, 0.5) is 0 Å². The van der Waals surface area contributed by atoms with Crippen molar-refractivity contribution >= 4 is 5.97 Å². The monoisotopic (exact) mass is 367 g/mol. The zero-order valence-electron chi connectivity index (χ0n) is 15.5. The third-order valence-electron chi connectivity index (χ3n) is 3.70. The first-order valence-corrected chi connectivity index (χ1v) is 8.58. The molecule has 6 nitrogen and oxygen atoms in total. The number of carbonyl (C=O) groups excluding carboxylic acids is 1. The molecular weight excluding hydrogens is 346 g/mol. The van der Waals surface area contributed by atoms with Gasteiger partial charge in [-0.15, -0.1) is 0 Å². The van der Waals surface area contributed by atoms with Crippen molar-refractivity contribution < 1.29 is 23.4 Å². The molecule has 0 atom stereocenters. The van der Waals surface area contributed by atoms with Gasteiger partial charge in [0.05, 0.1) is 25.0 Å². The number of hydrogen-bond donors (Lipinski definition) is 0. The van der Waals surface area contributed by atoms with Crippen molar-refractivity contribution in [2.75, 3.05) is 7.11 Å².